The number of nitrogens with zero attached hydrogens (tertiary/aromatic N) is 2. The van der Waals surface area contributed by atoms with Gasteiger partial charge in [0.2, 0.25) is 11.8 Å². The summed E-state index contributed by atoms with van der Waals surface area (Å²) >= 11 is 0. The molecular formula is C25H23N3O2. The van der Waals surface area contributed by atoms with E-state index in [1.165, 1.54) is 4.90 Å². The summed E-state index contributed by atoms with van der Waals surface area (Å²) in [5.74, 6) is -0.394. The number of fused-ring (bicyclic) bond motifs is 1. The number of aliphatic imine (C=N–C) groups is 1. The van der Waals surface area contributed by atoms with Gasteiger partial charge in [0.1, 0.15) is 6.54 Å². The van der Waals surface area contributed by atoms with Crippen LogP contribution in [0.1, 0.15) is 24.5 Å². The lowest BCUT2D eigenvalue weighted by molar-refractivity contribution is -0.120. The second kappa shape index (κ2) is 8.74. The Morgan fingerprint density at radius 1 is 1.00 bits per heavy atom. The van der Waals surface area contributed by atoms with E-state index in [1.54, 1.807) is 0 Å². The molecule has 3 aromatic carbocycles. The fourth-order valence-electron chi connectivity index (χ4n) is 3.53. The summed E-state index contributed by atoms with van der Waals surface area (Å²) in [4.78, 5) is 32.1. The van der Waals surface area contributed by atoms with Crippen molar-refractivity contribution in [2.24, 2.45) is 4.99 Å². The van der Waals surface area contributed by atoms with Crippen LogP contribution in [0.4, 0.5) is 17.1 Å². The second-order valence-electron chi connectivity index (χ2n) is 7.17. The lowest BCUT2D eigenvalue weighted by Crippen LogP contribution is -2.38. The number of nitrogens with one attached hydrogen (secondary N) is 1. The Hall–Kier alpha value is -3.73. The molecule has 0 radical (unpaired) electrons. The molecule has 0 unspecified atom stereocenters. The molecule has 3 aromatic rings. The summed E-state index contributed by atoms with van der Waals surface area (Å²) < 4.78 is 0. The van der Waals surface area contributed by atoms with Crippen LogP contribution in [0, 0.1) is 0 Å². The van der Waals surface area contributed by atoms with Crippen molar-refractivity contribution < 1.29 is 9.59 Å². The normalized spacial score (nSPS) is 13.3. The Bertz CT molecular complexity index is 1110. The Morgan fingerprint density at radius 2 is 1.77 bits per heavy atom. The van der Waals surface area contributed by atoms with Crippen LogP contribution in [0.3, 0.4) is 0 Å². The summed E-state index contributed by atoms with van der Waals surface area (Å²) in [5.41, 5.74) is 4.81. The lowest BCUT2D eigenvalue weighted by atomic mass is 10.1. The number of amides is 2. The molecule has 4 rings (SSSR count). The number of carbonyl (C=O) groups is 2. The zero-order valence-electron chi connectivity index (χ0n) is 16.8. The van der Waals surface area contributed by atoms with Crippen LogP contribution < -0.4 is 10.2 Å². The van der Waals surface area contributed by atoms with E-state index in [9.17, 15) is 9.59 Å². The molecule has 30 heavy (non-hydrogen) atoms. The summed E-state index contributed by atoms with van der Waals surface area (Å²) in [5, 5.41) is 2.91. The standard InChI is InChI=1S/C25H23N3O2/c1-2-18-9-8-12-20(15-18)26-24(29)17-28-23-14-7-6-13-21(23)27-22(16-25(28)30)19-10-4-3-5-11-19/h3-15H,2,16-17H2,1H3,(H,26,29). The zero-order valence-corrected chi connectivity index (χ0v) is 16.8. The van der Waals surface area contributed by atoms with Gasteiger partial charge in [-0.2, -0.15) is 0 Å². The molecule has 5 nitrogen and oxygen atoms in total. The number of anilines is 2. The third-order valence-electron chi connectivity index (χ3n) is 5.08. The molecule has 0 atom stereocenters. The monoisotopic (exact) mass is 397 g/mol. The zero-order chi connectivity index (χ0) is 20.9. The number of para-hydroxylation sites is 2. The maximum absolute atomic E-state index is 13.1. The first-order valence-electron chi connectivity index (χ1n) is 10.0. The quantitative estimate of drug-likeness (QED) is 0.676. The predicted octanol–water partition coefficient (Wildman–Crippen LogP) is 4.75. The molecule has 150 valence electrons. The van der Waals surface area contributed by atoms with E-state index in [1.807, 2.05) is 78.9 Å². The number of hydrogen-bond donors (Lipinski definition) is 1. The minimum Gasteiger partial charge on any atom is -0.325 e. The van der Waals surface area contributed by atoms with Gasteiger partial charge in [-0.05, 0) is 41.8 Å². The van der Waals surface area contributed by atoms with Crippen LogP contribution in [0.2, 0.25) is 0 Å². The summed E-state index contributed by atoms with van der Waals surface area (Å²) in [6, 6.07) is 24.8. The van der Waals surface area contributed by atoms with Crippen LogP contribution in [0.25, 0.3) is 0 Å². The van der Waals surface area contributed by atoms with Gasteiger partial charge in [-0.3, -0.25) is 14.6 Å². The first-order valence-corrected chi connectivity index (χ1v) is 10.0. The summed E-state index contributed by atoms with van der Waals surface area (Å²) in [6.45, 7) is 2.00. The molecule has 5 heteroatoms. The highest BCUT2D eigenvalue weighted by molar-refractivity contribution is 6.18. The maximum Gasteiger partial charge on any atom is 0.244 e. The molecular weight excluding hydrogens is 374 g/mol. The molecule has 1 aliphatic heterocycles. The molecule has 0 bridgehead atoms. The minimum atomic E-state index is -0.241. The molecule has 1 aliphatic rings. The molecule has 1 N–H and O–H groups in total. The van der Waals surface area contributed by atoms with Crippen LogP contribution in [0.5, 0.6) is 0 Å². The molecule has 2 amide bonds. The molecule has 0 aliphatic carbocycles. The first kappa shape index (κ1) is 19.6. The number of rotatable bonds is 5. The average molecular weight is 397 g/mol. The van der Waals surface area contributed by atoms with Gasteiger partial charge in [-0.25, -0.2) is 0 Å². The van der Waals surface area contributed by atoms with Crippen LogP contribution in [-0.4, -0.2) is 24.1 Å². The SMILES string of the molecule is CCc1cccc(NC(=O)CN2C(=O)CC(c3ccccc3)=Nc3ccccc32)c1. The number of aryl methyl sites for hydroxylation is 1. The van der Waals surface area contributed by atoms with Gasteiger partial charge >= 0.3 is 0 Å². The molecule has 0 saturated heterocycles. The molecule has 0 fully saturated rings. The third-order valence-corrected chi connectivity index (χ3v) is 5.08. The molecule has 0 saturated carbocycles. The van der Waals surface area contributed by atoms with Crippen molar-refractivity contribution in [3.05, 3.63) is 90.0 Å². The largest absolute Gasteiger partial charge is 0.325 e. The Kier molecular flexibility index (Phi) is 5.70. The summed E-state index contributed by atoms with van der Waals surface area (Å²) in [6.07, 6.45) is 1.03. The second-order valence-corrected chi connectivity index (χ2v) is 7.17. The van der Waals surface area contributed by atoms with Crippen molar-refractivity contribution in [2.45, 2.75) is 19.8 Å². The van der Waals surface area contributed by atoms with E-state index in [0.717, 1.165) is 23.2 Å². The highest BCUT2D eigenvalue weighted by Gasteiger charge is 2.26. The van der Waals surface area contributed by atoms with Gasteiger partial charge in [0, 0.05) is 5.69 Å². The van der Waals surface area contributed by atoms with Gasteiger partial charge in [0.05, 0.1) is 23.5 Å². The van der Waals surface area contributed by atoms with E-state index < -0.39 is 0 Å². The topological polar surface area (TPSA) is 61.8 Å². The number of benzene rings is 3. The number of carbonyl (C=O) groups excluding carboxylic acids is 2. The minimum absolute atomic E-state index is 0.0657. The fourth-order valence-corrected chi connectivity index (χ4v) is 3.53. The van der Waals surface area contributed by atoms with Gasteiger partial charge in [-0.1, -0.05) is 61.5 Å². The molecule has 1 heterocycles. The molecule has 0 spiro atoms. The van der Waals surface area contributed by atoms with Gasteiger partial charge in [-0.15, -0.1) is 0 Å². The lowest BCUT2D eigenvalue weighted by Gasteiger charge is -2.22. The first-order chi connectivity index (χ1) is 14.6. The van der Waals surface area contributed by atoms with Gasteiger partial charge in [0.25, 0.3) is 0 Å². The maximum atomic E-state index is 13.1. The van der Waals surface area contributed by atoms with Gasteiger partial charge < -0.3 is 10.2 Å². The van der Waals surface area contributed by atoms with E-state index in [2.05, 4.69) is 12.2 Å². The van der Waals surface area contributed by atoms with Crippen LogP contribution in [0.15, 0.2) is 83.9 Å². The predicted molar refractivity (Wildman–Crippen MR) is 121 cm³/mol. The van der Waals surface area contributed by atoms with Crippen molar-refractivity contribution >= 4 is 34.6 Å². The Balaban J connectivity index is 1.59. The Morgan fingerprint density at radius 3 is 2.57 bits per heavy atom. The van der Waals surface area contributed by atoms with Crippen molar-refractivity contribution in [2.75, 3.05) is 16.8 Å². The van der Waals surface area contributed by atoms with E-state index >= 15 is 0 Å². The highest BCUT2D eigenvalue weighted by Crippen LogP contribution is 2.32. The number of hydrogen-bond acceptors (Lipinski definition) is 3. The van der Waals surface area contributed by atoms with Crippen molar-refractivity contribution in [1.82, 2.24) is 0 Å². The van der Waals surface area contributed by atoms with Gasteiger partial charge in [0.15, 0.2) is 0 Å². The summed E-state index contributed by atoms with van der Waals surface area (Å²) in [7, 11) is 0. The van der Waals surface area contributed by atoms with Crippen molar-refractivity contribution in [1.29, 1.82) is 0 Å². The van der Waals surface area contributed by atoms with E-state index in [4.69, 9.17) is 4.99 Å². The van der Waals surface area contributed by atoms with Crippen LogP contribution in [-0.2, 0) is 16.0 Å². The van der Waals surface area contributed by atoms with Crippen molar-refractivity contribution in [3.8, 4) is 0 Å². The van der Waals surface area contributed by atoms with E-state index in [-0.39, 0.29) is 24.8 Å². The Labute approximate surface area is 176 Å². The third kappa shape index (κ3) is 4.30. The molecule has 0 aromatic heterocycles. The van der Waals surface area contributed by atoms with E-state index in [0.29, 0.717) is 17.1 Å². The van der Waals surface area contributed by atoms with Crippen LogP contribution >= 0.6 is 0 Å². The smallest absolute Gasteiger partial charge is 0.244 e. The average Bonchev–Trinajstić information content (AvgIpc) is 2.91. The highest BCUT2D eigenvalue weighted by atomic mass is 16.2. The fraction of sp³-hybridized carbons (Fsp3) is 0.160. The van der Waals surface area contributed by atoms with Crippen molar-refractivity contribution in [3.63, 3.8) is 0 Å².